The van der Waals surface area contributed by atoms with Gasteiger partial charge in [-0.2, -0.15) is 0 Å². The first-order chi connectivity index (χ1) is 12.4. The Bertz CT molecular complexity index is 615. The molecular formula is C16H23N5O5. The first kappa shape index (κ1) is 20.9. The fourth-order valence-corrected chi connectivity index (χ4v) is 2.02. The standard InChI is InChI=1S/C16H23N5O5/c1-17-15(24)19-13(22)9-21(10-14(23)20-16(25)18-2)8-11-4-6-12(26-3)7-5-11/h4-7H,8-10H2,1-3H3,(H2,17,19,22,24)(H2,18,20,23,25). The second-order valence-electron chi connectivity index (χ2n) is 5.25. The summed E-state index contributed by atoms with van der Waals surface area (Å²) >= 11 is 0. The van der Waals surface area contributed by atoms with Crippen LogP contribution in [0.2, 0.25) is 0 Å². The molecule has 4 N–H and O–H groups in total. The monoisotopic (exact) mass is 365 g/mol. The first-order valence-corrected chi connectivity index (χ1v) is 7.76. The Morgan fingerprint density at radius 1 is 0.885 bits per heavy atom. The minimum Gasteiger partial charge on any atom is -0.497 e. The molecule has 0 saturated heterocycles. The van der Waals surface area contributed by atoms with E-state index in [9.17, 15) is 19.2 Å². The predicted molar refractivity (Wildman–Crippen MR) is 93.5 cm³/mol. The quantitative estimate of drug-likeness (QED) is 0.511. The largest absolute Gasteiger partial charge is 0.497 e. The van der Waals surface area contributed by atoms with Crippen LogP contribution in [0.3, 0.4) is 0 Å². The summed E-state index contributed by atoms with van der Waals surface area (Å²) in [5.41, 5.74) is 0.825. The summed E-state index contributed by atoms with van der Waals surface area (Å²) in [7, 11) is 4.32. The highest BCUT2D eigenvalue weighted by Gasteiger charge is 2.17. The van der Waals surface area contributed by atoms with Gasteiger partial charge in [-0.05, 0) is 17.7 Å². The molecule has 0 aliphatic heterocycles. The maximum absolute atomic E-state index is 11.9. The van der Waals surface area contributed by atoms with Gasteiger partial charge in [0.15, 0.2) is 0 Å². The van der Waals surface area contributed by atoms with Crippen molar-refractivity contribution < 1.29 is 23.9 Å². The third kappa shape index (κ3) is 7.62. The van der Waals surface area contributed by atoms with Gasteiger partial charge < -0.3 is 15.4 Å². The number of ether oxygens (including phenoxy) is 1. The molecule has 10 heteroatoms. The van der Waals surface area contributed by atoms with E-state index in [-0.39, 0.29) is 19.6 Å². The van der Waals surface area contributed by atoms with Gasteiger partial charge in [0.25, 0.3) is 0 Å². The van der Waals surface area contributed by atoms with Gasteiger partial charge >= 0.3 is 12.1 Å². The molecule has 10 nitrogen and oxygen atoms in total. The number of amides is 6. The molecule has 0 radical (unpaired) electrons. The molecule has 1 rings (SSSR count). The summed E-state index contributed by atoms with van der Waals surface area (Å²) in [6.07, 6.45) is 0. The number of benzene rings is 1. The fourth-order valence-electron chi connectivity index (χ4n) is 2.02. The molecule has 1 aromatic carbocycles. The van der Waals surface area contributed by atoms with Crippen molar-refractivity contribution in [2.45, 2.75) is 6.54 Å². The molecule has 0 bridgehead atoms. The van der Waals surface area contributed by atoms with Crippen molar-refractivity contribution in [1.29, 1.82) is 0 Å². The molecule has 0 atom stereocenters. The lowest BCUT2D eigenvalue weighted by Crippen LogP contribution is -2.47. The van der Waals surface area contributed by atoms with E-state index in [1.54, 1.807) is 31.4 Å². The molecule has 0 heterocycles. The van der Waals surface area contributed by atoms with Crippen LogP contribution in [-0.4, -0.2) is 63.1 Å². The van der Waals surface area contributed by atoms with E-state index in [1.807, 2.05) is 0 Å². The lowest BCUT2D eigenvalue weighted by molar-refractivity contribution is -0.124. The van der Waals surface area contributed by atoms with Crippen LogP contribution in [0.1, 0.15) is 5.56 Å². The number of methoxy groups -OCH3 is 1. The third-order valence-corrected chi connectivity index (χ3v) is 3.26. The average Bonchev–Trinajstić information content (AvgIpc) is 2.61. The lowest BCUT2D eigenvalue weighted by Gasteiger charge is -2.21. The van der Waals surface area contributed by atoms with Gasteiger partial charge in [0.05, 0.1) is 20.2 Å². The number of nitrogens with zero attached hydrogens (tertiary/aromatic N) is 1. The SMILES string of the molecule is CNC(=O)NC(=O)CN(CC(=O)NC(=O)NC)Cc1ccc(OC)cc1. The number of hydrogen-bond donors (Lipinski definition) is 4. The van der Waals surface area contributed by atoms with Gasteiger partial charge in [0.2, 0.25) is 11.8 Å². The zero-order valence-corrected chi connectivity index (χ0v) is 14.9. The molecule has 0 spiro atoms. The number of rotatable bonds is 7. The summed E-state index contributed by atoms with van der Waals surface area (Å²) in [6, 6.07) is 5.80. The van der Waals surface area contributed by atoms with Crippen molar-refractivity contribution in [2.24, 2.45) is 0 Å². The molecule has 0 saturated carbocycles. The van der Waals surface area contributed by atoms with Gasteiger partial charge in [-0.15, -0.1) is 0 Å². The minimum atomic E-state index is -0.644. The van der Waals surface area contributed by atoms with Crippen molar-refractivity contribution in [3.63, 3.8) is 0 Å². The van der Waals surface area contributed by atoms with Crippen LogP contribution in [0.4, 0.5) is 9.59 Å². The maximum atomic E-state index is 11.9. The van der Waals surface area contributed by atoms with Crippen molar-refractivity contribution >= 4 is 23.9 Å². The predicted octanol–water partition coefficient (Wildman–Crippen LogP) is -0.592. The number of nitrogens with one attached hydrogen (secondary N) is 4. The van der Waals surface area contributed by atoms with Gasteiger partial charge in [-0.3, -0.25) is 25.1 Å². The summed E-state index contributed by atoms with van der Waals surface area (Å²) < 4.78 is 5.08. The zero-order chi connectivity index (χ0) is 19.5. The Morgan fingerprint density at radius 3 is 1.73 bits per heavy atom. The fraction of sp³-hybridized carbons (Fsp3) is 0.375. The Balaban J connectivity index is 2.78. The summed E-state index contributed by atoms with van der Waals surface area (Å²) in [6.45, 7) is -0.159. The van der Waals surface area contributed by atoms with Crippen molar-refractivity contribution in [1.82, 2.24) is 26.2 Å². The van der Waals surface area contributed by atoms with Crippen LogP contribution in [0.5, 0.6) is 5.75 Å². The Hall–Kier alpha value is -3.14. The van der Waals surface area contributed by atoms with E-state index in [0.717, 1.165) is 5.56 Å². The van der Waals surface area contributed by atoms with E-state index in [2.05, 4.69) is 21.3 Å². The van der Waals surface area contributed by atoms with Crippen LogP contribution in [-0.2, 0) is 16.1 Å². The molecular weight excluding hydrogens is 342 g/mol. The molecule has 26 heavy (non-hydrogen) atoms. The summed E-state index contributed by atoms with van der Waals surface area (Å²) in [5.74, 6) is -0.480. The Kier molecular flexibility index (Phi) is 8.58. The van der Waals surface area contributed by atoms with E-state index >= 15 is 0 Å². The lowest BCUT2D eigenvalue weighted by atomic mass is 10.2. The van der Waals surface area contributed by atoms with E-state index in [4.69, 9.17) is 4.74 Å². The Labute approximate surface area is 151 Å². The van der Waals surface area contributed by atoms with Crippen molar-refractivity contribution in [2.75, 3.05) is 34.3 Å². The number of urea groups is 2. The first-order valence-electron chi connectivity index (χ1n) is 7.76. The number of hydrogen-bond acceptors (Lipinski definition) is 6. The smallest absolute Gasteiger partial charge is 0.321 e. The number of carbonyl (C=O) groups is 4. The van der Waals surface area contributed by atoms with Gasteiger partial charge in [-0.25, -0.2) is 9.59 Å². The van der Waals surface area contributed by atoms with Gasteiger partial charge in [-0.1, -0.05) is 12.1 Å². The van der Waals surface area contributed by atoms with Crippen molar-refractivity contribution in [3.8, 4) is 5.75 Å². The molecule has 0 fully saturated rings. The van der Waals surface area contributed by atoms with E-state index < -0.39 is 23.9 Å². The van der Waals surface area contributed by atoms with E-state index in [0.29, 0.717) is 5.75 Å². The normalized spacial score (nSPS) is 10.0. The van der Waals surface area contributed by atoms with Gasteiger partial charge in [0.1, 0.15) is 5.75 Å². The highest BCUT2D eigenvalue weighted by Crippen LogP contribution is 2.13. The van der Waals surface area contributed by atoms with Crippen LogP contribution in [0.15, 0.2) is 24.3 Å². The number of carbonyl (C=O) groups excluding carboxylic acids is 4. The van der Waals surface area contributed by atoms with E-state index in [1.165, 1.54) is 19.0 Å². The summed E-state index contributed by atoms with van der Waals surface area (Å²) in [4.78, 5) is 47.8. The second kappa shape index (κ2) is 10.7. The molecule has 142 valence electrons. The highest BCUT2D eigenvalue weighted by molar-refractivity contribution is 5.96. The number of imide groups is 2. The Morgan fingerprint density at radius 2 is 1.35 bits per heavy atom. The van der Waals surface area contributed by atoms with Crippen LogP contribution < -0.4 is 26.0 Å². The van der Waals surface area contributed by atoms with Gasteiger partial charge in [0, 0.05) is 20.6 Å². The molecule has 0 aliphatic rings. The molecule has 1 aromatic rings. The zero-order valence-electron chi connectivity index (χ0n) is 14.9. The van der Waals surface area contributed by atoms with Crippen LogP contribution >= 0.6 is 0 Å². The molecule has 0 aromatic heterocycles. The topological polar surface area (TPSA) is 129 Å². The highest BCUT2D eigenvalue weighted by atomic mass is 16.5. The van der Waals surface area contributed by atoms with Crippen LogP contribution in [0.25, 0.3) is 0 Å². The summed E-state index contributed by atoms with van der Waals surface area (Å²) in [5, 5.41) is 8.80. The minimum absolute atomic E-state index is 0.208. The second-order valence-corrected chi connectivity index (χ2v) is 5.25. The maximum Gasteiger partial charge on any atom is 0.321 e. The third-order valence-electron chi connectivity index (χ3n) is 3.26. The molecule has 0 unspecified atom stereocenters. The van der Waals surface area contributed by atoms with Crippen molar-refractivity contribution in [3.05, 3.63) is 29.8 Å². The average molecular weight is 365 g/mol. The molecule has 0 aliphatic carbocycles. The van der Waals surface area contributed by atoms with Crippen LogP contribution in [0, 0.1) is 0 Å². The molecule has 6 amide bonds.